The molecule has 0 bridgehead atoms. The quantitative estimate of drug-likeness (QED) is 0.451. The van der Waals surface area contributed by atoms with Gasteiger partial charge in [0.1, 0.15) is 6.10 Å². The summed E-state index contributed by atoms with van der Waals surface area (Å²) in [4.78, 5) is 13.4. The molecule has 0 amide bonds. The number of carbonyl (C=O) groups excluding carboxylic acids is 1. The van der Waals surface area contributed by atoms with Gasteiger partial charge in [-0.05, 0) is 11.6 Å². The van der Waals surface area contributed by atoms with Crippen LogP contribution in [0.15, 0.2) is 33.7 Å². The highest BCUT2D eigenvalue weighted by molar-refractivity contribution is 9.10. The van der Waals surface area contributed by atoms with Crippen LogP contribution in [0.5, 0.6) is 0 Å². The fourth-order valence-corrected chi connectivity index (χ4v) is 1.70. The van der Waals surface area contributed by atoms with Crippen molar-refractivity contribution in [3.05, 3.63) is 34.3 Å². The lowest BCUT2D eigenvalue weighted by molar-refractivity contribution is 0.377. The third-order valence-electron chi connectivity index (χ3n) is 1.86. The summed E-state index contributed by atoms with van der Waals surface area (Å²) in [6.45, 7) is 0. The predicted molar refractivity (Wildman–Crippen MR) is 49.9 cm³/mol. The fourth-order valence-electron chi connectivity index (χ4n) is 1.19. The molecule has 4 heteroatoms. The van der Waals surface area contributed by atoms with Gasteiger partial charge in [-0.2, -0.15) is 4.99 Å². The Labute approximate surface area is 83.6 Å². The molecule has 0 unspecified atom stereocenters. The highest BCUT2D eigenvalue weighted by Gasteiger charge is 2.41. The molecule has 2 atom stereocenters. The third-order valence-corrected chi connectivity index (χ3v) is 2.58. The summed E-state index contributed by atoms with van der Waals surface area (Å²) in [5, 5.41) is 0. The van der Waals surface area contributed by atoms with Crippen molar-refractivity contribution >= 4 is 22.0 Å². The number of nitrogens with zero attached hydrogens (tertiary/aromatic N) is 1. The monoisotopic (exact) mass is 239 g/mol. The molecule has 1 aliphatic rings. The number of epoxide rings is 1. The van der Waals surface area contributed by atoms with Gasteiger partial charge in [0.15, 0.2) is 6.23 Å². The SMILES string of the molecule is O=C=N[C@H]1O[C@@H]1c1ccccc1Br. The van der Waals surface area contributed by atoms with E-state index in [0.29, 0.717) is 0 Å². The van der Waals surface area contributed by atoms with Crippen LogP contribution < -0.4 is 0 Å². The molecule has 13 heavy (non-hydrogen) atoms. The van der Waals surface area contributed by atoms with Crippen LogP contribution in [0.1, 0.15) is 11.7 Å². The van der Waals surface area contributed by atoms with Crippen LogP contribution in [-0.4, -0.2) is 12.3 Å². The molecule has 0 radical (unpaired) electrons. The Morgan fingerprint density at radius 3 is 2.92 bits per heavy atom. The largest absolute Gasteiger partial charge is 0.340 e. The van der Waals surface area contributed by atoms with Crippen LogP contribution >= 0.6 is 15.9 Å². The molecule has 3 nitrogen and oxygen atoms in total. The van der Waals surface area contributed by atoms with Crippen LogP contribution in [-0.2, 0) is 9.53 Å². The number of aliphatic imine (C=N–C) groups is 1. The summed E-state index contributed by atoms with van der Waals surface area (Å²) in [7, 11) is 0. The first kappa shape index (κ1) is 8.63. The van der Waals surface area contributed by atoms with E-state index in [9.17, 15) is 4.79 Å². The molecule has 66 valence electrons. The maximum atomic E-state index is 9.93. The van der Waals surface area contributed by atoms with E-state index >= 15 is 0 Å². The lowest BCUT2D eigenvalue weighted by atomic mass is 10.1. The molecule has 1 aliphatic heterocycles. The first-order chi connectivity index (χ1) is 6.33. The van der Waals surface area contributed by atoms with Crippen molar-refractivity contribution < 1.29 is 9.53 Å². The first-order valence-electron chi connectivity index (χ1n) is 3.80. The second kappa shape index (κ2) is 3.42. The zero-order chi connectivity index (χ0) is 9.26. The second-order valence-electron chi connectivity index (χ2n) is 2.69. The maximum absolute atomic E-state index is 9.93. The molecule has 1 aromatic carbocycles. The summed E-state index contributed by atoms with van der Waals surface area (Å²) in [5.74, 6) is 0. The summed E-state index contributed by atoms with van der Waals surface area (Å²) in [6, 6.07) is 7.71. The summed E-state index contributed by atoms with van der Waals surface area (Å²) in [5.41, 5.74) is 1.02. The summed E-state index contributed by atoms with van der Waals surface area (Å²) >= 11 is 3.40. The Kier molecular flexibility index (Phi) is 2.27. The molecule has 0 N–H and O–H groups in total. The number of rotatable bonds is 2. The molecule has 0 spiro atoms. The van der Waals surface area contributed by atoms with Gasteiger partial charge in [0, 0.05) is 4.47 Å². The van der Waals surface area contributed by atoms with E-state index in [1.165, 1.54) is 6.08 Å². The van der Waals surface area contributed by atoms with Crippen LogP contribution in [0.2, 0.25) is 0 Å². The predicted octanol–water partition coefficient (Wildman–Crippen LogP) is 2.18. The topological polar surface area (TPSA) is 42.0 Å². The van der Waals surface area contributed by atoms with Crippen molar-refractivity contribution in [1.82, 2.24) is 0 Å². The molecular formula is C9H6BrNO2. The van der Waals surface area contributed by atoms with Gasteiger partial charge in [0.25, 0.3) is 0 Å². The van der Waals surface area contributed by atoms with E-state index in [2.05, 4.69) is 20.9 Å². The molecule has 1 fully saturated rings. The lowest BCUT2D eigenvalue weighted by Crippen LogP contribution is -1.85. The van der Waals surface area contributed by atoms with Crippen molar-refractivity contribution in [1.29, 1.82) is 0 Å². The van der Waals surface area contributed by atoms with E-state index < -0.39 is 0 Å². The number of ether oxygens (including phenoxy) is 1. The van der Waals surface area contributed by atoms with Gasteiger partial charge in [-0.15, -0.1) is 0 Å². The molecule has 0 saturated carbocycles. The first-order valence-corrected chi connectivity index (χ1v) is 4.59. The minimum atomic E-state index is -0.337. The zero-order valence-corrected chi connectivity index (χ0v) is 8.19. The van der Waals surface area contributed by atoms with Crippen molar-refractivity contribution in [3.8, 4) is 0 Å². The molecule has 0 aliphatic carbocycles. The number of hydrogen-bond acceptors (Lipinski definition) is 3. The minimum Gasteiger partial charge on any atom is -0.340 e. The summed E-state index contributed by atoms with van der Waals surface area (Å²) in [6.07, 6.45) is 1.06. The van der Waals surface area contributed by atoms with Gasteiger partial charge in [0.2, 0.25) is 6.08 Å². The number of benzene rings is 1. The normalized spacial score (nSPS) is 25.0. The van der Waals surface area contributed by atoms with E-state index in [-0.39, 0.29) is 12.3 Å². The molecule has 1 saturated heterocycles. The fraction of sp³-hybridized carbons (Fsp3) is 0.222. The van der Waals surface area contributed by atoms with Gasteiger partial charge in [-0.3, -0.25) is 0 Å². The highest BCUT2D eigenvalue weighted by atomic mass is 79.9. The van der Waals surface area contributed by atoms with Gasteiger partial charge in [-0.1, -0.05) is 34.1 Å². The standard InChI is InChI=1S/C9H6BrNO2/c10-7-4-2-1-3-6(7)8-9(13-8)11-5-12/h1-4,8-9H/t8-,9+/m1/s1. The van der Waals surface area contributed by atoms with E-state index in [1.807, 2.05) is 24.3 Å². The number of halogens is 1. The van der Waals surface area contributed by atoms with Crippen molar-refractivity contribution in [3.63, 3.8) is 0 Å². The Bertz CT molecular complexity index is 374. The number of hydrogen-bond donors (Lipinski definition) is 0. The van der Waals surface area contributed by atoms with Crippen LogP contribution in [0.3, 0.4) is 0 Å². The Balaban J connectivity index is 2.20. The minimum absolute atomic E-state index is 0.0861. The highest BCUT2D eigenvalue weighted by Crippen LogP contribution is 2.42. The molecule has 1 heterocycles. The second-order valence-corrected chi connectivity index (χ2v) is 3.54. The summed E-state index contributed by atoms with van der Waals surface area (Å²) < 4.78 is 6.14. The zero-order valence-electron chi connectivity index (χ0n) is 6.61. The molecule has 2 rings (SSSR count). The van der Waals surface area contributed by atoms with Gasteiger partial charge < -0.3 is 4.74 Å². The van der Waals surface area contributed by atoms with E-state index in [1.54, 1.807) is 0 Å². The number of isocyanates is 1. The third kappa shape index (κ3) is 1.70. The van der Waals surface area contributed by atoms with Gasteiger partial charge in [-0.25, -0.2) is 4.79 Å². The van der Waals surface area contributed by atoms with Crippen molar-refractivity contribution in [2.24, 2.45) is 4.99 Å². The van der Waals surface area contributed by atoms with Crippen LogP contribution in [0, 0.1) is 0 Å². The maximum Gasteiger partial charge on any atom is 0.237 e. The van der Waals surface area contributed by atoms with Gasteiger partial charge >= 0.3 is 0 Å². The Morgan fingerprint density at radius 1 is 1.46 bits per heavy atom. The lowest BCUT2D eigenvalue weighted by Gasteiger charge is -1.97. The molecular weight excluding hydrogens is 234 g/mol. The average Bonchev–Trinajstić information content (AvgIpc) is 2.86. The Morgan fingerprint density at radius 2 is 2.23 bits per heavy atom. The van der Waals surface area contributed by atoms with Crippen LogP contribution in [0.4, 0.5) is 0 Å². The Hall–Kier alpha value is -0.960. The van der Waals surface area contributed by atoms with Crippen molar-refractivity contribution in [2.45, 2.75) is 12.3 Å². The van der Waals surface area contributed by atoms with Crippen molar-refractivity contribution in [2.75, 3.05) is 0 Å². The average molecular weight is 240 g/mol. The van der Waals surface area contributed by atoms with Gasteiger partial charge in [0.05, 0.1) is 0 Å². The molecule has 0 aromatic heterocycles. The van der Waals surface area contributed by atoms with Crippen LogP contribution in [0.25, 0.3) is 0 Å². The van der Waals surface area contributed by atoms with E-state index in [0.717, 1.165) is 10.0 Å². The van der Waals surface area contributed by atoms with E-state index in [4.69, 9.17) is 4.74 Å². The molecule has 1 aromatic rings. The smallest absolute Gasteiger partial charge is 0.237 e.